The molecule has 0 spiro atoms. The number of nitriles is 1. The number of hydrogen-bond acceptors (Lipinski definition) is 2. The van der Waals surface area contributed by atoms with Crippen molar-refractivity contribution in [2.45, 2.75) is 13.3 Å². The van der Waals surface area contributed by atoms with Crippen LogP contribution in [0.15, 0.2) is 30.3 Å². The predicted molar refractivity (Wildman–Crippen MR) is 66.2 cm³/mol. The van der Waals surface area contributed by atoms with Gasteiger partial charge in [0.15, 0.2) is 0 Å². The van der Waals surface area contributed by atoms with Gasteiger partial charge in [0.2, 0.25) is 0 Å². The fourth-order valence-corrected chi connectivity index (χ4v) is 2.14. The summed E-state index contributed by atoms with van der Waals surface area (Å²) in [7, 11) is 0. The van der Waals surface area contributed by atoms with Crippen LogP contribution >= 0.6 is 0 Å². The summed E-state index contributed by atoms with van der Waals surface area (Å²) in [5.74, 6) is 0. The van der Waals surface area contributed by atoms with E-state index in [0.717, 1.165) is 22.9 Å². The Hall–Kier alpha value is -1.85. The van der Waals surface area contributed by atoms with Gasteiger partial charge >= 0.3 is 0 Å². The van der Waals surface area contributed by atoms with Crippen LogP contribution in [-0.4, -0.2) is 6.54 Å². The second-order valence-electron chi connectivity index (χ2n) is 3.90. The highest BCUT2D eigenvalue weighted by Gasteiger charge is 2.08. The summed E-state index contributed by atoms with van der Waals surface area (Å²) in [6.07, 6.45) is 0.763. The van der Waals surface area contributed by atoms with Crippen LogP contribution in [0.3, 0.4) is 0 Å². The van der Waals surface area contributed by atoms with E-state index in [2.05, 4.69) is 19.1 Å². The molecule has 0 heterocycles. The Labute approximate surface area is 95.3 Å². The standard InChI is InChI=1S/C14H14N2/c1-10-13-5-3-2-4-11(13)8-12(9-16)14(10)6-7-15/h2-5,8H,6-7,15H2,1H3. The maximum Gasteiger partial charge on any atom is 0.0994 e. The van der Waals surface area contributed by atoms with Crippen molar-refractivity contribution >= 4 is 10.8 Å². The molecule has 0 amide bonds. The average molecular weight is 210 g/mol. The minimum absolute atomic E-state index is 0.577. The molecule has 0 aliphatic heterocycles. The Kier molecular flexibility index (Phi) is 2.89. The highest BCUT2D eigenvalue weighted by atomic mass is 14.5. The van der Waals surface area contributed by atoms with Gasteiger partial charge in [-0.1, -0.05) is 24.3 Å². The summed E-state index contributed by atoms with van der Waals surface area (Å²) in [5, 5.41) is 11.5. The predicted octanol–water partition coefficient (Wildman–Crippen LogP) is 2.52. The van der Waals surface area contributed by atoms with Gasteiger partial charge in [0.1, 0.15) is 0 Å². The van der Waals surface area contributed by atoms with Gasteiger partial charge in [0.25, 0.3) is 0 Å². The Morgan fingerprint density at radius 1 is 1.31 bits per heavy atom. The summed E-state index contributed by atoms with van der Waals surface area (Å²) in [5.41, 5.74) is 8.61. The third-order valence-corrected chi connectivity index (χ3v) is 2.96. The molecule has 0 bridgehead atoms. The smallest absolute Gasteiger partial charge is 0.0994 e. The first kappa shape index (κ1) is 10.7. The SMILES string of the molecule is Cc1c(CCN)c(C#N)cc2ccccc12. The molecule has 80 valence electrons. The van der Waals surface area contributed by atoms with Crippen molar-refractivity contribution < 1.29 is 0 Å². The van der Waals surface area contributed by atoms with Crippen molar-refractivity contribution in [1.29, 1.82) is 5.26 Å². The molecule has 0 unspecified atom stereocenters. The molecule has 0 aromatic heterocycles. The Balaban J connectivity index is 2.78. The van der Waals surface area contributed by atoms with Crippen LogP contribution in [0, 0.1) is 18.3 Å². The zero-order chi connectivity index (χ0) is 11.5. The molecule has 2 nitrogen and oxygen atoms in total. The second-order valence-corrected chi connectivity index (χ2v) is 3.90. The number of nitrogens with two attached hydrogens (primary N) is 1. The van der Waals surface area contributed by atoms with Gasteiger partial charge in [-0.2, -0.15) is 5.26 Å². The van der Waals surface area contributed by atoms with Gasteiger partial charge in [-0.15, -0.1) is 0 Å². The second kappa shape index (κ2) is 4.34. The number of fused-ring (bicyclic) bond motifs is 1. The Morgan fingerprint density at radius 3 is 2.75 bits per heavy atom. The lowest BCUT2D eigenvalue weighted by atomic mass is 9.93. The van der Waals surface area contributed by atoms with Crippen molar-refractivity contribution in [3.8, 4) is 6.07 Å². The first-order chi connectivity index (χ1) is 7.77. The van der Waals surface area contributed by atoms with E-state index >= 15 is 0 Å². The van der Waals surface area contributed by atoms with Crippen molar-refractivity contribution in [3.63, 3.8) is 0 Å². The molecule has 0 aliphatic carbocycles. The summed E-state index contributed by atoms with van der Waals surface area (Å²) < 4.78 is 0. The monoisotopic (exact) mass is 210 g/mol. The molecule has 0 saturated heterocycles. The molecule has 0 radical (unpaired) electrons. The summed E-state index contributed by atoms with van der Waals surface area (Å²) in [6.45, 7) is 2.64. The highest BCUT2D eigenvalue weighted by molar-refractivity contribution is 5.88. The average Bonchev–Trinajstić information content (AvgIpc) is 2.33. The number of nitrogens with zero attached hydrogens (tertiary/aromatic N) is 1. The minimum Gasteiger partial charge on any atom is -0.330 e. The van der Waals surface area contributed by atoms with E-state index in [1.54, 1.807) is 0 Å². The molecular weight excluding hydrogens is 196 g/mol. The quantitative estimate of drug-likeness (QED) is 0.828. The van der Waals surface area contributed by atoms with Crippen LogP contribution in [0.2, 0.25) is 0 Å². The minimum atomic E-state index is 0.577. The lowest BCUT2D eigenvalue weighted by Crippen LogP contribution is -2.06. The van der Waals surface area contributed by atoms with E-state index in [9.17, 15) is 0 Å². The van der Waals surface area contributed by atoms with Crippen molar-refractivity contribution in [2.24, 2.45) is 5.73 Å². The van der Waals surface area contributed by atoms with Crippen LogP contribution < -0.4 is 5.73 Å². The summed E-state index contributed by atoms with van der Waals surface area (Å²) in [6, 6.07) is 12.3. The van der Waals surface area contributed by atoms with Gasteiger partial charge in [0.05, 0.1) is 11.6 Å². The zero-order valence-electron chi connectivity index (χ0n) is 9.33. The van der Waals surface area contributed by atoms with Crippen LogP contribution in [0.25, 0.3) is 10.8 Å². The molecule has 2 rings (SSSR count). The van der Waals surface area contributed by atoms with Gasteiger partial charge in [-0.25, -0.2) is 0 Å². The fraction of sp³-hybridized carbons (Fsp3) is 0.214. The molecule has 0 saturated carbocycles. The topological polar surface area (TPSA) is 49.8 Å². The summed E-state index contributed by atoms with van der Waals surface area (Å²) >= 11 is 0. The van der Waals surface area contributed by atoms with Crippen LogP contribution in [0.5, 0.6) is 0 Å². The number of aryl methyl sites for hydroxylation is 1. The first-order valence-electron chi connectivity index (χ1n) is 5.39. The lowest BCUT2D eigenvalue weighted by Gasteiger charge is -2.10. The van der Waals surface area contributed by atoms with Crippen LogP contribution in [0.1, 0.15) is 16.7 Å². The Bertz CT molecular complexity index is 565. The van der Waals surface area contributed by atoms with E-state index in [4.69, 9.17) is 11.0 Å². The molecule has 2 N–H and O–H groups in total. The van der Waals surface area contributed by atoms with Crippen LogP contribution in [-0.2, 0) is 6.42 Å². The van der Waals surface area contributed by atoms with E-state index in [1.807, 2.05) is 24.3 Å². The Morgan fingerprint density at radius 2 is 2.06 bits per heavy atom. The van der Waals surface area contributed by atoms with E-state index in [1.165, 1.54) is 10.9 Å². The maximum atomic E-state index is 9.14. The number of hydrogen-bond donors (Lipinski definition) is 1. The molecular formula is C14H14N2. The summed E-state index contributed by atoms with van der Waals surface area (Å²) in [4.78, 5) is 0. The highest BCUT2D eigenvalue weighted by Crippen LogP contribution is 2.25. The van der Waals surface area contributed by atoms with Gasteiger partial charge in [0, 0.05) is 0 Å². The lowest BCUT2D eigenvalue weighted by molar-refractivity contribution is 0.957. The third-order valence-electron chi connectivity index (χ3n) is 2.96. The zero-order valence-corrected chi connectivity index (χ0v) is 9.33. The van der Waals surface area contributed by atoms with Gasteiger partial charge < -0.3 is 5.73 Å². The molecule has 0 fully saturated rings. The van der Waals surface area contributed by atoms with Crippen molar-refractivity contribution in [3.05, 3.63) is 47.0 Å². The van der Waals surface area contributed by atoms with Gasteiger partial charge in [-0.05, 0) is 47.9 Å². The molecule has 2 aromatic rings. The third kappa shape index (κ3) is 1.66. The maximum absolute atomic E-state index is 9.14. The van der Waals surface area contributed by atoms with E-state index in [-0.39, 0.29) is 0 Å². The number of rotatable bonds is 2. The normalized spacial score (nSPS) is 10.3. The van der Waals surface area contributed by atoms with Gasteiger partial charge in [-0.3, -0.25) is 0 Å². The largest absolute Gasteiger partial charge is 0.330 e. The van der Waals surface area contributed by atoms with Crippen molar-refractivity contribution in [1.82, 2.24) is 0 Å². The van der Waals surface area contributed by atoms with Crippen molar-refractivity contribution in [2.75, 3.05) is 6.54 Å². The molecule has 2 aromatic carbocycles. The van der Waals surface area contributed by atoms with E-state index in [0.29, 0.717) is 6.54 Å². The first-order valence-corrected chi connectivity index (χ1v) is 5.39. The molecule has 0 atom stereocenters. The van der Waals surface area contributed by atoms with E-state index < -0.39 is 0 Å². The molecule has 16 heavy (non-hydrogen) atoms. The molecule has 2 heteroatoms. The van der Waals surface area contributed by atoms with Crippen LogP contribution in [0.4, 0.5) is 0 Å². The molecule has 0 aliphatic rings. The number of benzene rings is 2. The fourth-order valence-electron chi connectivity index (χ4n) is 2.14.